The third-order valence-electron chi connectivity index (χ3n) is 5.20. The Balaban J connectivity index is 2.15. The highest BCUT2D eigenvalue weighted by Gasteiger charge is 2.48. The van der Waals surface area contributed by atoms with Crippen molar-refractivity contribution in [1.29, 1.82) is 5.26 Å². The summed E-state index contributed by atoms with van der Waals surface area (Å²) in [6.45, 7) is 9.38. The van der Waals surface area contributed by atoms with Crippen LogP contribution in [0.15, 0.2) is 18.2 Å². The van der Waals surface area contributed by atoms with Crippen molar-refractivity contribution < 1.29 is 19.2 Å². The molecule has 0 spiro atoms. The highest BCUT2D eigenvalue weighted by atomic mass is 16.6. The van der Waals surface area contributed by atoms with E-state index < -0.39 is 33.9 Å². The highest BCUT2D eigenvalue weighted by molar-refractivity contribution is 6.07. The first kappa shape index (κ1) is 24.1. The number of esters is 1. The molecule has 168 valence electrons. The van der Waals surface area contributed by atoms with Gasteiger partial charge in [-0.3, -0.25) is 14.9 Å². The molecule has 1 aromatic rings. The summed E-state index contributed by atoms with van der Waals surface area (Å²) in [5.41, 5.74) is 4.19. The first-order valence-electron chi connectivity index (χ1n) is 10.1. The lowest BCUT2D eigenvalue weighted by Crippen LogP contribution is -2.65. The molecule has 0 aliphatic carbocycles. The van der Waals surface area contributed by atoms with E-state index in [4.69, 9.17) is 10.5 Å². The van der Waals surface area contributed by atoms with Gasteiger partial charge in [-0.1, -0.05) is 13.8 Å². The van der Waals surface area contributed by atoms with Crippen LogP contribution in [-0.2, 0) is 14.3 Å². The molecule has 2 atom stereocenters. The second-order valence-corrected chi connectivity index (χ2v) is 9.00. The van der Waals surface area contributed by atoms with E-state index >= 15 is 0 Å². The van der Waals surface area contributed by atoms with E-state index in [1.807, 2.05) is 11.0 Å². The minimum absolute atomic E-state index is 0.161. The predicted molar refractivity (Wildman–Crippen MR) is 114 cm³/mol. The van der Waals surface area contributed by atoms with Gasteiger partial charge in [0, 0.05) is 31.3 Å². The summed E-state index contributed by atoms with van der Waals surface area (Å²) in [7, 11) is 0. The molecule has 1 aromatic carbocycles. The minimum Gasteiger partial charge on any atom is -0.458 e. The fourth-order valence-electron chi connectivity index (χ4n) is 3.36. The van der Waals surface area contributed by atoms with Crippen LogP contribution in [0.1, 0.15) is 46.6 Å². The van der Waals surface area contributed by atoms with Crippen molar-refractivity contribution in [3.63, 3.8) is 0 Å². The molecule has 1 amide bonds. The van der Waals surface area contributed by atoms with Crippen LogP contribution in [0.25, 0.3) is 0 Å². The number of anilines is 1. The molecule has 10 heteroatoms. The minimum atomic E-state index is -1.84. The molecular formula is C21H29N5O5. The van der Waals surface area contributed by atoms with Gasteiger partial charge in [-0.25, -0.2) is 4.79 Å². The Morgan fingerprint density at radius 3 is 2.55 bits per heavy atom. The number of nitro benzene ring substituents is 1. The molecular weight excluding hydrogens is 402 g/mol. The zero-order valence-corrected chi connectivity index (χ0v) is 18.5. The lowest BCUT2D eigenvalue weighted by atomic mass is 9.86. The van der Waals surface area contributed by atoms with Crippen molar-refractivity contribution in [2.75, 3.05) is 18.0 Å². The Hall–Kier alpha value is -3.19. The molecule has 2 rings (SSSR count). The first-order valence-corrected chi connectivity index (χ1v) is 10.1. The Morgan fingerprint density at radius 1 is 1.39 bits per heavy atom. The summed E-state index contributed by atoms with van der Waals surface area (Å²) in [5.74, 6) is -1.91. The number of nitro groups is 1. The normalized spacial score (nSPS) is 18.3. The predicted octanol–water partition coefficient (Wildman–Crippen LogP) is 1.86. The molecule has 10 nitrogen and oxygen atoms in total. The zero-order valence-electron chi connectivity index (χ0n) is 18.5. The van der Waals surface area contributed by atoms with Crippen molar-refractivity contribution in [3.8, 4) is 6.07 Å². The zero-order chi connectivity index (χ0) is 23.6. The summed E-state index contributed by atoms with van der Waals surface area (Å²) in [6.07, 6.45) is 0.566. The molecule has 1 saturated heterocycles. The van der Waals surface area contributed by atoms with E-state index in [0.29, 0.717) is 25.2 Å². The number of ether oxygens (including phenoxy) is 1. The number of nitrogens with zero attached hydrogens (tertiary/aromatic N) is 3. The van der Waals surface area contributed by atoms with Crippen molar-refractivity contribution in [2.24, 2.45) is 11.7 Å². The van der Waals surface area contributed by atoms with Gasteiger partial charge in [0.1, 0.15) is 11.7 Å². The number of carbonyl (C=O) groups excluding carboxylic acids is 2. The van der Waals surface area contributed by atoms with Gasteiger partial charge < -0.3 is 20.7 Å². The van der Waals surface area contributed by atoms with Crippen LogP contribution < -0.4 is 16.0 Å². The van der Waals surface area contributed by atoms with Crippen LogP contribution in [0.5, 0.6) is 0 Å². The fourth-order valence-corrected chi connectivity index (χ4v) is 3.36. The molecule has 1 aliphatic heterocycles. The van der Waals surface area contributed by atoms with E-state index in [-0.39, 0.29) is 17.3 Å². The molecule has 1 aliphatic rings. The van der Waals surface area contributed by atoms with E-state index in [0.717, 1.165) is 0 Å². The van der Waals surface area contributed by atoms with Gasteiger partial charge in [-0.15, -0.1) is 0 Å². The van der Waals surface area contributed by atoms with Gasteiger partial charge in [-0.05, 0) is 39.2 Å². The molecule has 0 bridgehead atoms. The number of hydrogen-bond acceptors (Lipinski definition) is 8. The fraction of sp³-hybridized carbons (Fsp3) is 0.571. The van der Waals surface area contributed by atoms with Crippen molar-refractivity contribution in [1.82, 2.24) is 5.32 Å². The van der Waals surface area contributed by atoms with Crippen LogP contribution in [0.2, 0.25) is 0 Å². The van der Waals surface area contributed by atoms with Crippen LogP contribution in [0.3, 0.4) is 0 Å². The average molecular weight is 431 g/mol. The average Bonchev–Trinajstić information content (AvgIpc) is 3.13. The molecule has 1 fully saturated rings. The summed E-state index contributed by atoms with van der Waals surface area (Å²) < 4.78 is 5.37. The van der Waals surface area contributed by atoms with Gasteiger partial charge in [0.25, 0.3) is 11.6 Å². The maximum absolute atomic E-state index is 13.0. The topological polar surface area (TPSA) is 152 Å². The number of amides is 1. The van der Waals surface area contributed by atoms with E-state index in [1.165, 1.54) is 18.2 Å². The smallest absolute Gasteiger partial charge is 0.336 e. The lowest BCUT2D eigenvalue weighted by Gasteiger charge is -2.33. The number of nitriles is 1. The van der Waals surface area contributed by atoms with Crippen LogP contribution in [0.4, 0.5) is 11.4 Å². The van der Waals surface area contributed by atoms with Crippen LogP contribution >= 0.6 is 0 Å². The largest absolute Gasteiger partial charge is 0.458 e. The molecule has 3 N–H and O–H groups in total. The molecule has 31 heavy (non-hydrogen) atoms. The number of hydrogen-bond donors (Lipinski definition) is 2. The number of nitrogens with two attached hydrogens (primary N) is 1. The van der Waals surface area contributed by atoms with E-state index in [2.05, 4.69) is 5.32 Å². The van der Waals surface area contributed by atoms with Gasteiger partial charge in [0.05, 0.1) is 16.2 Å². The number of carbonyl (C=O) groups is 2. The quantitative estimate of drug-likeness (QED) is 0.300. The summed E-state index contributed by atoms with van der Waals surface area (Å²) in [5, 5.41) is 23.2. The molecule has 0 saturated carbocycles. The van der Waals surface area contributed by atoms with Gasteiger partial charge >= 0.3 is 5.97 Å². The van der Waals surface area contributed by atoms with Crippen molar-refractivity contribution in [2.45, 2.75) is 58.2 Å². The second kappa shape index (κ2) is 8.89. The first-order chi connectivity index (χ1) is 14.3. The Bertz CT molecular complexity index is 918. The summed E-state index contributed by atoms with van der Waals surface area (Å²) in [6, 6.07) is 5.78. The van der Waals surface area contributed by atoms with Crippen LogP contribution in [-0.4, -0.2) is 47.1 Å². The van der Waals surface area contributed by atoms with Gasteiger partial charge in [0.15, 0.2) is 5.54 Å². The van der Waals surface area contributed by atoms with Crippen molar-refractivity contribution in [3.05, 3.63) is 33.9 Å². The maximum Gasteiger partial charge on any atom is 0.336 e. The monoisotopic (exact) mass is 431 g/mol. The molecule has 0 radical (unpaired) electrons. The Labute approximate surface area is 181 Å². The second-order valence-electron chi connectivity index (χ2n) is 9.00. The lowest BCUT2D eigenvalue weighted by molar-refractivity contribution is -0.384. The van der Waals surface area contributed by atoms with Gasteiger partial charge in [-0.2, -0.15) is 5.26 Å². The SMILES string of the molecule is CC(C)[C@](N)(C(=O)N[C@H]1CCN(c2ccc([N+](=O)[O-])cc2C#N)C1)C(=O)OC(C)(C)C. The summed E-state index contributed by atoms with van der Waals surface area (Å²) >= 11 is 0. The number of rotatable bonds is 6. The standard InChI is InChI=1S/C21H29N5O5/c1-13(2)21(23,19(28)31-20(3,4)5)18(27)24-15-8-9-25(12-15)17-7-6-16(26(29)30)10-14(17)11-22/h6-7,10,13,15H,8-9,12,23H2,1-5H3,(H,24,27)/t15-,21-/m0/s1. The Kier molecular flexibility index (Phi) is 6.91. The van der Waals surface area contributed by atoms with E-state index in [1.54, 1.807) is 34.6 Å². The van der Waals surface area contributed by atoms with E-state index in [9.17, 15) is 25.0 Å². The number of nitrogens with one attached hydrogen (secondary N) is 1. The number of non-ortho nitro benzene ring substituents is 1. The highest BCUT2D eigenvalue weighted by Crippen LogP contribution is 2.28. The third kappa shape index (κ3) is 5.30. The number of benzene rings is 1. The summed E-state index contributed by atoms with van der Waals surface area (Å²) in [4.78, 5) is 37.9. The molecule has 0 unspecified atom stereocenters. The maximum atomic E-state index is 13.0. The molecule has 0 aromatic heterocycles. The third-order valence-corrected chi connectivity index (χ3v) is 5.20. The molecule has 1 heterocycles. The van der Waals surface area contributed by atoms with Crippen molar-refractivity contribution >= 4 is 23.3 Å². The van der Waals surface area contributed by atoms with Gasteiger partial charge in [0.2, 0.25) is 0 Å². The Morgan fingerprint density at radius 2 is 2.03 bits per heavy atom. The van der Waals surface area contributed by atoms with Crippen LogP contribution in [0, 0.1) is 27.4 Å².